The van der Waals surface area contributed by atoms with Crippen molar-refractivity contribution in [2.75, 3.05) is 19.6 Å². The predicted octanol–water partition coefficient (Wildman–Crippen LogP) is 1.17. The number of hydrogen-bond donors (Lipinski definition) is 2. The van der Waals surface area contributed by atoms with Crippen molar-refractivity contribution < 1.29 is 14.4 Å². The zero-order valence-electron chi connectivity index (χ0n) is 16.7. The molecule has 8 nitrogen and oxygen atoms in total. The number of carbonyl (C=O) groups is 3. The Balaban J connectivity index is 1.35. The topological polar surface area (TPSA) is 98.4 Å². The summed E-state index contributed by atoms with van der Waals surface area (Å²) in [5, 5.41) is 9.75. The van der Waals surface area contributed by atoms with Crippen molar-refractivity contribution in [3.63, 3.8) is 0 Å². The first-order valence-corrected chi connectivity index (χ1v) is 11.0. The molecule has 1 saturated carbocycles. The van der Waals surface area contributed by atoms with E-state index >= 15 is 0 Å². The van der Waals surface area contributed by atoms with E-state index < -0.39 is 0 Å². The van der Waals surface area contributed by atoms with Crippen LogP contribution in [0, 0.1) is 17.8 Å². The lowest BCUT2D eigenvalue weighted by molar-refractivity contribution is -0.152. The second-order valence-electron chi connectivity index (χ2n) is 9.15. The monoisotopic (exact) mass is 399 g/mol. The number of hydrogen-bond acceptors (Lipinski definition) is 4. The zero-order chi connectivity index (χ0) is 20.0. The van der Waals surface area contributed by atoms with Gasteiger partial charge in [0.15, 0.2) is 0 Å². The molecule has 3 aliphatic heterocycles. The largest absolute Gasteiger partial charge is 0.354 e. The summed E-state index contributed by atoms with van der Waals surface area (Å²) in [6, 6.07) is 0.158. The van der Waals surface area contributed by atoms with Crippen LogP contribution in [0.2, 0.25) is 0 Å². The summed E-state index contributed by atoms with van der Waals surface area (Å²) < 4.78 is 0. The van der Waals surface area contributed by atoms with E-state index in [0.29, 0.717) is 37.5 Å². The maximum Gasteiger partial charge on any atom is 0.257 e. The highest BCUT2D eigenvalue weighted by molar-refractivity contribution is 5.93. The molecule has 2 N–H and O–H groups in total. The Bertz CT molecular complexity index is 790. The highest BCUT2D eigenvalue weighted by atomic mass is 16.2. The van der Waals surface area contributed by atoms with Gasteiger partial charge in [-0.2, -0.15) is 5.10 Å². The molecule has 1 aromatic rings. The predicted molar refractivity (Wildman–Crippen MR) is 105 cm³/mol. The Morgan fingerprint density at radius 3 is 2.72 bits per heavy atom. The van der Waals surface area contributed by atoms with Crippen molar-refractivity contribution in [3.8, 4) is 0 Å². The van der Waals surface area contributed by atoms with E-state index in [1.807, 2.05) is 4.90 Å². The summed E-state index contributed by atoms with van der Waals surface area (Å²) in [4.78, 5) is 42.2. The third kappa shape index (κ3) is 3.32. The quantitative estimate of drug-likeness (QED) is 0.794. The van der Waals surface area contributed by atoms with Crippen LogP contribution >= 0.6 is 0 Å². The van der Waals surface area contributed by atoms with Gasteiger partial charge < -0.3 is 15.1 Å². The summed E-state index contributed by atoms with van der Waals surface area (Å²) in [6.07, 6.45) is 9.80. The van der Waals surface area contributed by atoms with Crippen LogP contribution < -0.4 is 5.32 Å². The Labute approximate surface area is 170 Å². The number of aromatic nitrogens is 2. The average molecular weight is 399 g/mol. The molecule has 2 bridgehead atoms. The lowest BCUT2D eigenvalue weighted by atomic mass is 9.72. The second-order valence-corrected chi connectivity index (χ2v) is 9.15. The third-order valence-corrected chi connectivity index (χ3v) is 7.49. The number of amides is 3. The van der Waals surface area contributed by atoms with Gasteiger partial charge in [0.1, 0.15) is 0 Å². The molecule has 0 radical (unpaired) electrons. The first-order valence-electron chi connectivity index (χ1n) is 11.0. The van der Waals surface area contributed by atoms with Gasteiger partial charge in [-0.25, -0.2) is 0 Å². The van der Waals surface area contributed by atoms with E-state index in [0.717, 1.165) is 38.5 Å². The van der Waals surface area contributed by atoms with Crippen molar-refractivity contribution in [3.05, 3.63) is 18.0 Å². The number of carbonyl (C=O) groups excluding carboxylic acids is 3. The van der Waals surface area contributed by atoms with Crippen LogP contribution in [-0.2, 0) is 9.59 Å². The number of rotatable bonds is 4. The minimum absolute atomic E-state index is 0.00119. The molecule has 3 saturated heterocycles. The van der Waals surface area contributed by atoms with Gasteiger partial charge in [-0.1, -0.05) is 6.42 Å². The number of piperidine rings is 3. The van der Waals surface area contributed by atoms with Crippen molar-refractivity contribution in [1.29, 1.82) is 0 Å². The fourth-order valence-electron chi connectivity index (χ4n) is 5.77. The highest BCUT2D eigenvalue weighted by Gasteiger charge is 2.50. The van der Waals surface area contributed by atoms with Crippen molar-refractivity contribution in [2.45, 2.75) is 57.0 Å². The molecule has 29 heavy (non-hydrogen) atoms. The standard InChI is InChI=1S/C21H29N5O3/c27-19-6-2-5-17-14-7-15(12-25(11-14)21(29)16-8-23-24-9-16)18(26(17)19)10-22-20(28)13-3-1-4-13/h8-9,13-15,17-18H,1-7,10-12H2,(H,22,28)(H,23,24)/t14-,15+,17+,18+/m1/s1. The molecule has 0 unspecified atom stereocenters. The third-order valence-electron chi connectivity index (χ3n) is 7.49. The summed E-state index contributed by atoms with van der Waals surface area (Å²) in [7, 11) is 0. The van der Waals surface area contributed by atoms with Crippen LogP contribution in [0.5, 0.6) is 0 Å². The van der Waals surface area contributed by atoms with E-state index in [9.17, 15) is 14.4 Å². The van der Waals surface area contributed by atoms with E-state index in [1.165, 1.54) is 0 Å². The Kier molecular flexibility index (Phi) is 4.80. The molecule has 156 valence electrons. The summed E-state index contributed by atoms with van der Waals surface area (Å²) >= 11 is 0. The maximum atomic E-state index is 12.9. The number of likely N-dealkylation sites (tertiary alicyclic amines) is 1. The van der Waals surface area contributed by atoms with E-state index in [1.54, 1.807) is 12.4 Å². The number of fused-ring (bicyclic) bond motifs is 4. The van der Waals surface area contributed by atoms with Gasteiger partial charge in [-0.15, -0.1) is 0 Å². The minimum Gasteiger partial charge on any atom is -0.354 e. The molecule has 4 atom stereocenters. The molecular weight excluding hydrogens is 370 g/mol. The van der Waals surface area contributed by atoms with Crippen LogP contribution in [0.1, 0.15) is 55.3 Å². The molecule has 0 spiro atoms. The van der Waals surface area contributed by atoms with E-state index in [2.05, 4.69) is 20.4 Å². The molecular formula is C21H29N5O3. The molecule has 1 aliphatic carbocycles. The maximum absolute atomic E-state index is 12.9. The van der Waals surface area contributed by atoms with Crippen molar-refractivity contribution in [2.24, 2.45) is 17.8 Å². The number of nitrogens with one attached hydrogen (secondary N) is 2. The smallest absolute Gasteiger partial charge is 0.257 e. The van der Waals surface area contributed by atoms with Gasteiger partial charge in [0.2, 0.25) is 11.8 Å². The van der Waals surface area contributed by atoms with Crippen LogP contribution in [0.15, 0.2) is 12.4 Å². The first kappa shape index (κ1) is 18.6. The van der Waals surface area contributed by atoms with Crippen LogP contribution in [0.25, 0.3) is 0 Å². The molecule has 5 rings (SSSR count). The number of nitrogens with zero attached hydrogens (tertiary/aromatic N) is 3. The summed E-state index contributed by atoms with van der Waals surface area (Å²) in [6.45, 7) is 1.82. The normalized spacial score (nSPS) is 31.8. The highest BCUT2D eigenvalue weighted by Crippen LogP contribution is 2.41. The van der Waals surface area contributed by atoms with Crippen LogP contribution in [0.3, 0.4) is 0 Å². The Morgan fingerprint density at radius 2 is 2.00 bits per heavy atom. The van der Waals surface area contributed by atoms with E-state index in [-0.39, 0.29) is 41.6 Å². The van der Waals surface area contributed by atoms with Gasteiger partial charge in [0.25, 0.3) is 5.91 Å². The fourth-order valence-corrected chi connectivity index (χ4v) is 5.77. The summed E-state index contributed by atoms with van der Waals surface area (Å²) in [5.41, 5.74) is 0.580. The molecule has 4 heterocycles. The van der Waals surface area contributed by atoms with Gasteiger partial charge in [-0.3, -0.25) is 19.5 Å². The first-order chi connectivity index (χ1) is 14.1. The number of H-pyrrole nitrogens is 1. The SMILES string of the molecule is O=C(NC[C@H]1[C@H]2C[C@H](CN(C(=O)c3cn[nH]c3)C2)[C@@H]2CCCC(=O)N21)C1CCC1. The average Bonchev–Trinajstić information content (AvgIpc) is 3.21. The van der Waals surface area contributed by atoms with Crippen molar-refractivity contribution >= 4 is 17.7 Å². The molecule has 8 heteroatoms. The zero-order valence-corrected chi connectivity index (χ0v) is 16.7. The van der Waals surface area contributed by atoms with Gasteiger partial charge in [-0.05, 0) is 43.9 Å². The fraction of sp³-hybridized carbons (Fsp3) is 0.714. The Morgan fingerprint density at radius 1 is 1.17 bits per heavy atom. The molecule has 4 aliphatic rings. The molecule has 3 amide bonds. The van der Waals surface area contributed by atoms with Crippen LogP contribution in [-0.4, -0.2) is 69.4 Å². The Hall–Kier alpha value is -2.38. The lowest BCUT2D eigenvalue weighted by Crippen LogP contribution is -2.67. The van der Waals surface area contributed by atoms with Crippen LogP contribution in [0.4, 0.5) is 0 Å². The number of aromatic amines is 1. The lowest BCUT2D eigenvalue weighted by Gasteiger charge is -2.56. The van der Waals surface area contributed by atoms with E-state index in [4.69, 9.17) is 0 Å². The van der Waals surface area contributed by atoms with Gasteiger partial charge in [0.05, 0.1) is 17.8 Å². The molecule has 0 aromatic carbocycles. The molecule has 1 aromatic heterocycles. The summed E-state index contributed by atoms with van der Waals surface area (Å²) in [5.74, 6) is 0.998. The minimum atomic E-state index is -0.0203. The van der Waals surface area contributed by atoms with Crippen molar-refractivity contribution in [1.82, 2.24) is 25.3 Å². The second kappa shape index (κ2) is 7.46. The van der Waals surface area contributed by atoms with Gasteiger partial charge >= 0.3 is 0 Å². The van der Waals surface area contributed by atoms with Gasteiger partial charge in [0, 0.05) is 44.2 Å². The molecule has 4 fully saturated rings.